The number of anilines is 1. The van der Waals surface area contributed by atoms with E-state index in [4.69, 9.17) is 16.6 Å². The van der Waals surface area contributed by atoms with Crippen LogP contribution in [0.25, 0.3) is 10.2 Å². The molecule has 35 heavy (non-hydrogen) atoms. The summed E-state index contributed by atoms with van der Waals surface area (Å²) < 4.78 is 28.6. The molecule has 1 saturated heterocycles. The number of amides is 1. The zero-order valence-corrected chi connectivity index (χ0v) is 22.9. The van der Waals surface area contributed by atoms with Gasteiger partial charge in [-0.2, -0.15) is 4.31 Å². The molecule has 0 bridgehead atoms. The van der Waals surface area contributed by atoms with E-state index >= 15 is 0 Å². The van der Waals surface area contributed by atoms with Gasteiger partial charge in [0.25, 0.3) is 0 Å². The van der Waals surface area contributed by atoms with Gasteiger partial charge in [-0.1, -0.05) is 29.0 Å². The number of carbonyl (C=O) groups excluding carboxylic acids is 1. The maximum absolute atomic E-state index is 13.7. The third-order valence-electron chi connectivity index (χ3n) is 6.60. The van der Waals surface area contributed by atoms with Crippen LogP contribution in [0.15, 0.2) is 41.3 Å². The molecule has 7 nitrogen and oxygen atoms in total. The molecule has 1 aromatic heterocycles. The van der Waals surface area contributed by atoms with Crippen LogP contribution in [-0.4, -0.2) is 68.8 Å². The highest BCUT2D eigenvalue weighted by Gasteiger charge is 2.35. The second-order valence-electron chi connectivity index (χ2n) is 9.28. The number of benzene rings is 2. The van der Waals surface area contributed by atoms with Crippen molar-refractivity contribution in [3.63, 3.8) is 0 Å². The van der Waals surface area contributed by atoms with Crippen molar-refractivity contribution in [3.05, 3.63) is 52.5 Å². The Morgan fingerprint density at radius 3 is 2.37 bits per heavy atom. The second-order valence-corrected chi connectivity index (χ2v) is 12.7. The van der Waals surface area contributed by atoms with Gasteiger partial charge in [0, 0.05) is 37.1 Å². The van der Waals surface area contributed by atoms with Crippen LogP contribution in [-0.2, 0) is 14.8 Å². The lowest BCUT2D eigenvalue weighted by Crippen LogP contribution is -2.46. The first-order valence-corrected chi connectivity index (χ1v) is 14.3. The number of hydrogen-bond acceptors (Lipinski definition) is 6. The van der Waals surface area contributed by atoms with Crippen molar-refractivity contribution in [1.29, 1.82) is 0 Å². The molecule has 1 aliphatic heterocycles. The predicted molar refractivity (Wildman–Crippen MR) is 143 cm³/mol. The number of carbonyl (C=O) groups is 1. The van der Waals surface area contributed by atoms with Crippen molar-refractivity contribution >= 4 is 54.2 Å². The fourth-order valence-electron chi connectivity index (χ4n) is 4.25. The molecule has 188 valence electrons. The molecule has 1 amide bonds. The van der Waals surface area contributed by atoms with E-state index in [1.54, 1.807) is 17.0 Å². The van der Waals surface area contributed by atoms with E-state index in [9.17, 15) is 13.2 Å². The Morgan fingerprint density at radius 2 is 1.74 bits per heavy atom. The largest absolute Gasteiger partial charge is 0.308 e. The number of sulfonamides is 1. The van der Waals surface area contributed by atoms with Crippen molar-refractivity contribution in [1.82, 2.24) is 14.2 Å². The lowest BCUT2D eigenvalue weighted by Gasteiger charge is -2.33. The fourth-order valence-corrected chi connectivity index (χ4v) is 6.90. The minimum Gasteiger partial charge on any atom is -0.308 e. The lowest BCUT2D eigenvalue weighted by atomic mass is 9.96. The molecule has 0 N–H and O–H groups in total. The van der Waals surface area contributed by atoms with Gasteiger partial charge in [-0.3, -0.25) is 9.69 Å². The van der Waals surface area contributed by atoms with E-state index in [0.29, 0.717) is 49.2 Å². The number of fused-ring (bicyclic) bond motifs is 1. The van der Waals surface area contributed by atoms with Crippen LogP contribution in [0.1, 0.15) is 24.0 Å². The van der Waals surface area contributed by atoms with Crippen molar-refractivity contribution < 1.29 is 13.2 Å². The second kappa shape index (κ2) is 10.5. The SMILES string of the molecule is Cc1ccc2sc(N(CCN(C)C)C(=O)C3CCN(S(=O)(=O)c4ccc(Cl)cc4)CC3)nc2c1C. The summed E-state index contributed by atoms with van der Waals surface area (Å²) in [6, 6.07) is 10.3. The molecule has 0 aliphatic carbocycles. The van der Waals surface area contributed by atoms with Crippen molar-refractivity contribution in [3.8, 4) is 0 Å². The Bertz CT molecular complexity index is 1310. The number of halogens is 1. The molecular weight excluding hydrogens is 504 g/mol. The van der Waals surface area contributed by atoms with E-state index < -0.39 is 10.0 Å². The van der Waals surface area contributed by atoms with Gasteiger partial charge in [0.1, 0.15) is 0 Å². The van der Waals surface area contributed by atoms with Gasteiger partial charge in [-0.25, -0.2) is 13.4 Å². The molecule has 4 rings (SSSR count). The van der Waals surface area contributed by atoms with Crippen LogP contribution in [0.5, 0.6) is 0 Å². The maximum atomic E-state index is 13.7. The van der Waals surface area contributed by atoms with Gasteiger partial charge in [0.15, 0.2) is 5.13 Å². The summed E-state index contributed by atoms with van der Waals surface area (Å²) in [4.78, 5) is 22.6. The van der Waals surface area contributed by atoms with Gasteiger partial charge in [-0.05, 0) is 82.2 Å². The van der Waals surface area contributed by atoms with E-state index in [2.05, 4.69) is 26.0 Å². The summed E-state index contributed by atoms with van der Waals surface area (Å²) in [5.41, 5.74) is 3.25. The summed E-state index contributed by atoms with van der Waals surface area (Å²) in [7, 11) is 0.346. The minimum absolute atomic E-state index is 0.0174. The molecule has 3 aromatic rings. The zero-order valence-electron chi connectivity index (χ0n) is 20.5. The smallest absolute Gasteiger partial charge is 0.243 e. The Kier molecular flexibility index (Phi) is 7.83. The number of likely N-dealkylation sites (N-methyl/N-ethyl adjacent to an activating group) is 1. The van der Waals surface area contributed by atoms with Crippen molar-refractivity contribution in [2.45, 2.75) is 31.6 Å². The van der Waals surface area contributed by atoms with E-state index in [0.717, 1.165) is 15.8 Å². The standard InChI is InChI=1S/C25H31ClN4O3S2/c1-17-5-10-22-23(18(17)2)27-25(34-22)30(16-15-28(3)4)24(31)19-11-13-29(14-12-19)35(32,33)21-8-6-20(26)7-9-21/h5-10,19H,11-16H2,1-4H3. The zero-order chi connectivity index (χ0) is 25.3. The molecule has 2 heterocycles. The first-order valence-electron chi connectivity index (χ1n) is 11.7. The molecular formula is C25H31ClN4O3S2. The molecule has 2 aromatic carbocycles. The molecule has 1 fully saturated rings. The van der Waals surface area contributed by atoms with Crippen LogP contribution in [0, 0.1) is 19.8 Å². The van der Waals surface area contributed by atoms with E-state index in [1.807, 2.05) is 19.0 Å². The number of aromatic nitrogens is 1. The molecule has 0 saturated carbocycles. The summed E-state index contributed by atoms with van der Waals surface area (Å²) >= 11 is 7.44. The molecule has 1 aliphatic rings. The summed E-state index contributed by atoms with van der Waals surface area (Å²) in [6.07, 6.45) is 0.959. The Morgan fingerprint density at radius 1 is 1.09 bits per heavy atom. The molecule has 0 spiro atoms. The lowest BCUT2D eigenvalue weighted by molar-refractivity contribution is -0.123. The highest BCUT2D eigenvalue weighted by molar-refractivity contribution is 7.89. The number of thiazole rings is 1. The number of piperidine rings is 1. The number of nitrogens with zero attached hydrogens (tertiary/aromatic N) is 4. The van der Waals surface area contributed by atoms with Crippen molar-refractivity contribution in [2.24, 2.45) is 5.92 Å². The van der Waals surface area contributed by atoms with Crippen LogP contribution in [0.2, 0.25) is 5.02 Å². The highest BCUT2D eigenvalue weighted by Crippen LogP contribution is 2.34. The normalized spacial score (nSPS) is 15.7. The Labute approximate surface area is 216 Å². The third-order valence-corrected chi connectivity index (χ3v) is 9.80. The fraction of sp³-hybridized carbons (Fsp3) is 0.440. The van der Waals surface area contributed by atoms with Crippen LogP contribution in [0.4, 0.5) is 5.13 Å². The average Bonchev–Trinajstić information content (AvgIpc) is 3.26. The maximum Gasteiger partial charge on any atom is 0.243 e. The van der Waals surface area contributed by atoms with E-state index in [-0.39, 0.29) is 16.7 Å². The first-order chi connectivity index (χ1) is 16.6. The first kappa shape index (κ1) is 26.0. The van der Waals surface area contributed by atoms with E-state index in [1.165, 1.54) is 33.3 Å². The van der Waals surface area contributed by atoms with Gasteiger partial charge >= 0.3 is 0 Å². The van der Waals surface area contributed by atoms with Gasteiger partial charge < -0.3 is 4.90 Å². The average molecular weight is 535 g/mol. The summed E-state index contributed by atoms with van der Waals surface area (Å²) in [5, 5.41) is 1.20. The summed E-state index contributed by atoms with van der Waals surface area (Å²) in [6.45, 7) is 5.98. The van der Waals surface area contributed by atoms with Crippen LogP contribution >= 0.6 is 22.9 Å². The third kappa shape index (κ3) is 5.54. The topological polar surface area (TPSA) is 73.8 Å². The Balaban J connectivity index is 1.52. The monoisotopic (exact) mass is 534 g/mol. The van der Waals surface area contributed by atoms with Gasteiger partial charge in [-0.15, -0.1) is 0 Å². The van der Waals surface area contributed by atoms with Crippen LogP contribution in [0.3, 0.4) is 0 Å². The highest BCUT2D eigenvalue weighted by atomic mass is 35.5. The van der Waals surface area contributed by atoms with Gasteiger partial charge in [0.2, 0.25) is 15.9 Å². The predicted octanol–water partition coefficient (Wildman–Crippen LogP) is 4.56. The molecule has 0 atom stereocenters. The molecule has 0 radical (unpaired) electrons. The molecule has 0 unspecified atom stereocenters. The minimum atomic E-state index is -3.62. The Hall–Kier alpha value is -2.04. The quantitative estimate of drug-likeness (QED) is 0.444. The van der Waals surface area contributed by atoms with Gasteiger partial charge in [0.05, 0.1) is 15.1 Å². The number of aryl methyl sites for hydroxylation is 2. The number of hydrogen-bond donors (Lipinski definition) is 0. The van der Waals surface area contributed by atoms with Crippen molar-refractivity contribution in [2.75, 3.05) is 45.2 Å². The number of rotatable bonds is 7. The molecule has 10 heteroatoms. The van der Waals surface area contributed by atoms with Crippen LogP contribution < -0.4 is 4.90 Å². The summed E-state index contributed by atoms with van der Waals surface area (Å²) in [5.74, 6) is -0.229.